The highest BCUT2D eigenvalue weighted by Crippen LogP contribution is 2.37. The molecule has 15 heavy (non-hydrogen) atoms. The van der Waals surface area contributed by atoms with Crippen molar-refractivity contribution in [1.29, 1.82) is 0 Å². The molecule has 3 heteroatoms. The third-order valence-electron chi connectivity index (χ3n) is 3.75. The minimum Gasteiger partial charge on any atom is -0.292 e. The lowest BCUT2D eigenvalue weighted by molar-refractivity contribution is 0.240. The monoisotopic (exact) mass is 203 g/mol. The quantitative estimate of drug-likeness (QED) is 0.735. The second-order valence-electron chi connectivity index (χ2n) is 4.79. The molecule has 2 bridgehead atoms. The summed E-state index contributed by atoms with van der Waals surface area (Å²) in [4.78, 5) is 11.4. The van der Waals surface area contributed by atoms with Gasteiger partial charge in [0.15, 0.2) is 0 Å². The van der Waals surface area contributed by atoms with Gasteiger partial charge in [0.25, 0.3) is 0 Å². The van der Waals surface area contributed by atoms with E-state index in [1.54, 1.807) is 0 Å². The van der Waals surface area contributed by atoms with Crippen LogP contribution in [0, 0.1) is 6.92 Å². The van der Waals surface area contributed by atoms with E-state index in [4.69, 9.17) is 0 Å². The molecule has 3 heterocycles. The Morgan fingerprint density at radius 2 is 1.87 bits per heavy atom. The molecule has 0 aliphatic carbocycles. The number of fused-ring (bicyclic) bond motifs is 2. The SMILES string of the molecule is Cc1cncc(CN2C3CCC2CC3)n1. The molecule has 1 aromatic rings. The first-order valence-electron chi connectivity index (χ1n) is 5.86. The fourth-order valence-electron chi connectivity index (χ4n) is 3.06. The van der Waals surface area contributed by atoms with Gasteiger partial charge in [-0.2, -0.15) is 0 Å². The van der Waals surface area contributed by atoms with Gasteiger partial charge in [-0.05, 0) is 32.6 Å². The van der Waals surface area contributed by atoms with Crippen molar-refractivity contribution < 1.29 is 0 Å². The second kappa shape index (κ2) is 3.56. The highest BCUT2D eigenvalue weighted by molar-refractivity contribution is 5.04. The Morgan fingerprint density at radius 1 is 1.20 bits per heavy atom. The molecule has 0 N–H and O–H groups in total. The van der Waals surface area contributed by atoms with Gasteiger partial charge in [0.1, 0.15) is 0 Å². The van der Waals surface area contributed by atoms with Crippen LogP contribution in [0.15, 0.2) is 12.4 Å². The summed E-state index contributed by atoms with van der Waals surface area (Å²) in [5.74, 6) is 0. The topological polar surface area (TPSA) is 29.0 Å². The van der Waals surface area contributed by atoms with Gasteiger partial charge in [-0.25, -0.2) is 0 Å². The third kappa shape index (κ3) is 1.65. The molecule has 2 fully saturated rings. The molecule has 1 aromatic heterocycles. The Balaban J connectivity index is 1.75. The van der Waals surface area contributed by atoms with Crippen molar-refractivity contribution in [2.24, 2.45) is 0 Å². The van der Waals surface area contributed by atoms with Crippen LogP contribution in [0.3, 0.4) is 0 Å². The van der Waals surface area contributed by atoms with E-state index in [1.807, 2.05) is 19.3 Å². The molecule has 3 nitrogen and oxygen atoms in total. The summed E-state index contributed by atoms with van der Waals surface area (Å²) in [6.45, 7) is 3.01. The van der Waals surface area contributed by atoms with Gasteiger partial charge in [-0.3, -0.25) is 14.9 Å². The Kier molecular flexibility index (Phi) is 2.20. The van der Waals surface area contributed by atoms with Crippen LogP contribution in [0.2, 0.25) is 0 Å². The predicted octanol–water partition coefficient (Wildman–Crippen LogP) is 1.91. The summed E-state index contributed by atoms with van der Waals surface area (Å²) < 4.78 is 0. The summed E-state index contributed by atoms with van der Waals surface area (Å²) in [5.41, 5.74) is 2.16. The molecule has 3 rings (SSSR count). The number of aryl methyl sites for hydroxylation is 1. The van der Waals surface area contributed by atoms with Crippen molar-refractivity contribution in [2.75, 3.05) is 0 Å². The van der Waals surface area contributed by atoms with E-state index in [0.717, 1.165) is 30.0 Å². The van der Waals surface area contributed by atoms with Crippen LogP contribution >= 0.6 is 0 Å². The first-order chi connectivity index (χ1) is 7.33. The van der Waals surface area contributed by atoms with Crippen LogP contribution in [-0.4, -0.2) is 27.0 Å². The van der Waals surface area contributed by atoms with Crippen LogP contribution in [0.5, 0.6) is 0 Å². The maximum absolute atomic E-state index is 4.53. The van der Waals surface area contributed by atoms with E-state index in [0.29, 0.717) is 0 Å². The fraction of sp³-hybridized carbons (Fsp3) is 0.667. The Morgan fingerprint density at radius 3 is 2.47 bits per heavy atom. The van der Waals surface area contributed by atoms with Crippen molar-refractivity contribution in [3.05, 3.63) is 23.8 Å². The molecular weight excluding hydrogens is 186 g/mol. The first kappa shape index (κ1) is 9.28. The summed E-state index contributed by atoms with van der Waals surface area (Å²) >= 11 is 0. The van der Waals surface area contributed by atoms with Crippen LogP contribution in [-0.2, 0) is 6.54 Å². The maximum atomic E-state index is 4.53. The summed E-state index contributed by atoms with van der Waals surface area (Å²) in [6, 6.07) is 1.66. The van der Waals surface area contributed by atoms with Crippen molar-refractivity contribution in [3.8, 4) is 0 Å². The van der Waals surface area contributed by atoms with Crippen LogP contribution in [0.1, 0.15) is 37.1 Å². The smallest absolute Gasteiger partial charge is 0.0730 e. The number of hydrogen-bond donors (Lipinski definition) is 0. The van der Waals surface area contributed by atoms with E-state index in [9.17, 15) is 0 Å². The van der Waals surface area contributed by atoms with Gasteiger partial charge in [-0.1, -0.05) is 0 Å². The molecule has 0 atom stereocenters. The van der Waals surface area contributed by atoms with Crippen molar-refractivity contribution in [1.82, 2.24) is 14.9 Å². The number of hydrogen-bond acceptors (Lipinski definition) is 3. The van der Waals surface area contributed by atoms with E-state index in [1.165, 1.54) is 25.7 Å². The molecule has 0 unspecified atom stereocenters. The average molecular weight is 203 g/mol. The molecule has 2 saturated heterocycles. The normalized spacial score (nSPS) is 29.9. The fourth-order valence-corrected chi connectivity index (χ4v) is 3.06. The van der Waals surface area contributed by atoms with Gasteiger partial charge in [0, 0.05) is 31.0 Å². The average Bonchev–Trinajstić information content (AvgIpc) is 2.78. The molecule has 0 amide bonds. The van der Waals surface area contributed by atoms with Crippen LogP contribution in [0.4, 0.5) is 0 Å². The van der Waals surface area contributed by atoms with Gasteiger partial charge in [0.05, 0.1) is 11.4 Å². The molecule has 2 aliphatic heterocycles. The predicted molar refractivity (Wildman–Crippen MR) is 58.4 cm³/mol. The first-order valence-corrected chi connectivity index (χ1v) is 5.86. The summed E-state index contributed by atoms with van der Waals surface area (Å²) in [5, 5.41) is 0. The molecule has 0 spiro atoms. The second-order valence-corrected chi connectivity index (χ2v) is 4.79. The van der Waals surface area contributed by atoms with Crippen LogP contribution < -0.4 is 0 Å². The van der Waals surface area contributed by atoms with E-state index in [2.05, 4.69) is 14.9 Å². The lowest BCUT2D eigenvalue weighted by Gasteiger charge is -2.20. The minimum absolute atomic E-state index is 0.831. The van der Waals surface area contributed by atoms with E-state index < -0.39 is 0 Å². The highest BCUT2D eigenvalue weighted by Gasteiger charge is 2.39. The summed E-state index contributed by atoms with van der Waals surface area (Å²) in [6.07, 6.45) is 9.30. The van der Waals surface area contributed by atoms with Crippen LogP contribution in [0.25, 0.3) is 0 Å². The van der Waals surface area contributed by atoms with Crippen molar-refractivity contribution in [2.45, 2.75) is 51.2 Å². The molecule has 0 aromatic carbocycles. The van der Waals surface area contributed by atoms with Crippen molar-refractivity contribution in [3.63, 3.8) is 0 Å². The standard InChI is InChI=1S/C12H17N3/c1-9-6-13-7-10(14-9)8-15-11-2-3-12(15)5-4-11/h6-7,11-12H,2-5,8H2,1H3. The van der Waals surface area contributed by atoms with Crippen molar-refractivity contribution >= 4 is 0 Å². The number of rotatable bonds is 2. The van der Waals surface area contributed by atoms with Gasteiger partial charge < -0.3 is 0 Å². The largest absolute Gasteiger partial charge is 0.292 e. The number of nitrogens with zero attached hydrogens (tertiary/aromatic N) is 3. The molecule has 80 valence electrons. The zero-order valence-corrected chi connectivity index (χ0v) is 9.19. The Labute approximate surface area is 90.5 Å². The lowest BCUT2D eigenvalue weighted by Crippen LogP contribution is -2.28. The molecular formula is C12H17N3. The maximum Gasteiger partial charge on any atom is 0.0730 e. The molecule has 0 saturated carbocycles. The zero-order valence-electron chi connectivity index (χ0n) is 9.19. The Hall–Kier alpha value is -0.960. The number of aromatic nitrogens is 2. The van der Waals surface area contributed by atoms with E-state index in [-0.39, 0.29) is 0 Å². The lowest BCUT2D eigenvalue weighted by atomic mass is 10.0. The van der Waals surface area contributed by atoms with Gasteiger partial charge >= 0.3 is 0 Å². The Bertz CT molecular complexity index is 344. The highest BCUT2D eigenvalue weighted by atomic mass is 15.2. The third-order valence-corrected chi connectivity index (χ3v) is 3.75. The molecule has 0 radical (unpaired) electrons. The van der Waals surface area contributed by atoms with Gasteiger partial charge in [0.2, 0.25) is 0 Å². The molecule has 2 aliphatic rings. The zero-order chi connectivity index (χ0) is 10.3. The van der Waals surface area contributed by atoms with E-state index >= 15 is 0 Å². The minimum atomic E-state index is 0.831. The summed E-state index contributed by atoms with van der Waals surface area (Å²) in [7, 11) is 0. The van der Waals surface area contributed by atoms with Gasteiger partial charge in [-0.15, -0.1) is 0 Å².